The predicted molar refractivity (Wildman–Crippen MR) is 112 cm³/mol. The number of aliphatic hydroxyl groups is 1. The Hall–Kier alpha value is -3.45. The van der Waals surface area contributed by atoms with Gasteiger partial charge in [-0.05, 0) is 6.92 Å². The lowest BCUT2D eigenvalue weighted by Crippen LogP contribution is -2.48. The van der Waals surface area contributed by atoms with Crippen molar-refractivity contribution in [2.45, 2.75) is 19.0 Å². The van der Waals surface area contributed by atoms with Gasteiger partial charge in [-0.1, -0.05) is 0 Å². The highest BCUT2D eigenvalue weighted by atomic mass is 19.1. The lowest BCUT2D eigenvalue weighted by Gasteiger charge is -2.34. The summed E-state index contributed by atoms with van der Waals surface area (Å²) in [5, 5.41) is 15.7. The van der Waals surface area contributed by atoms with Crippen molar-refractivity contribution in [2.24, 2.45) is 7.05 Å². The van der Waals surface area contributed by atoms with Gasteiger partial charge in [0.15, 0.2) is 5.82 Å². The fourth-order valence-electron chi connectivity index (χ4n) is 3.28. The van der Waals surface area contributed by atoms with E-state index in [1.54, 1.807) is 24.0 Å². The molecule has 1 fully saturated rings. The van der Waals surface area contributed by atoms with Gasteiger partial charge in [-0.15, -0.1) is 0 Å². The molecule has 4 rings (SSSR count). The number of rotatable bonds is 7. The molecule has 0 aliphatic carbocycles. The van der Waals surface area contributed by atoms with Crippen molar-refractivity contribution in [3.63, 3.8) is 0 Å². The van der Waals surface area contributed by atoms with Gasteiger partial charge < -0.3 is 29.9 Å². The quantitative estimate of drug-likeness (QED) is 0.489. The monoisotopic (exact) mass is 447 g/mol. The van der Waals surface area contributed by atoms with Crippen molar-refractivity contribution in [3.8, 4) is 0 Å². The second-order valence-electron chi connectivity index (χ2n) is 7.32. The number of morpholine rings is 1. The molecule has 11 nitrogen and oxygen atoms in total. The van der Waals surface area contributed by atoms with Crippen molar-refractivity contribution in [3.05, 3.63) is 42.1 Å². The highest BCUT2D eigenvalue weighted by molar-refractivity contribution is 5.52. The molecule has 3 aromatic rings. The first-order valence-electron chi connectivity index (χ1n) is 9.96. The standard InChI is InChI=1S/C19H23F2N9O2/c1-11(16-14(21)5-12(20)6-22-16)24-17-26-18(25-15-7-29(2)10-23-15)28-19(27-17)30-3-4-32-9-13(30)8-31/h5-7,10-11,13,31H,3-4,8-9H2,1-2H3,(H2,24,25,26,27,28)/t11?,13-/m1/s1. The minimum atomic E-state index is -0.778. The first-order valence-corrected chi connectivity index (χ1v) is 9.96. The van der Waals surface area contributed by atoms with Gasteiger partial charge in [-0.3, -0.25) is 4.98 Å². The van der Waals surface area contributed by atoms with E-state index in [4.69, 9.17) is 4.74 Å². The minimum Gasteiger partial charge on any atom is -0.394 e. The molecule has 1 aliphatic heterocycles. The van der Waals surface area contributed by atoms with E-state index in [-0.39, 0.29) is 30.2 Å². The molecule has 1 aliphatic rings. The molecule has 0 saturated carbocycles. The third-order valence-electron chi connectivity index (χ3n) is 4.86. The van der Waals surface area contributed by atoms with E-state index < -0.39 is 17.7 Å². The summed E-state index contributed by atoms with van der Waals surface area (Å²) < 4.78 is 34.6. The number of ether oxygens (including phenoxy) is 1. The Labute approximate surface area is 182 Å². The summed E-state index contributed by atoms with van der Waals surface area (Å²) in [4.78, 5) is 23.1. The highest BCUT2D eigenvalue weighted by Gasteiger charge is 2.26. The van der Waals surface area contributed by atoms with Gasteiger partial charge >= 0.3 is 0 Å². The zero-order valence-corrected chi connectivity index (χ0v) is 17.5. The summed E-state index contributed by atoms with van der Waals surface area (Å²) in [6.07, 6.45) is 4.32. The Morgan fingerprint density at radius 2 is 2.06 bits per heavy atom. The number of hydrogen-bond donors (Lipinski definition) is 3. The van der Waals surface area contributed by atoms with E-state index in [2.05, 4.69) is 35.6 Å². The van der Waals surface area contributed by atoms with Crippen LogP contribution in [0.5, 0.6) is 0 Å². The lowest BCUT2D eigenvalue weighted by molar-refractivity contribution is 0.0718. The van der Waals surface area contributed by atoms with E-state index in [0.29, 0.717) is 31.5 Å². The summed E-state index contributed by atoms with van der Waals surface area (Å²) in [6, 6.07) is -0.213. The van der Waals surface area contributed by atoms with Crippen LogP contribution in [0.25, 0.3) is 0 Å². The van der Waals surface area contributed by atoms with Crippen molar-refractivity contribution in [1.82, 2.24) is 29.5 Å². The zero-order valence-electron chi connectivity index (χ0n) is 17.5. The molecule has 0 amide bonds. The van der Waals surface area contributed by atoms with Crippen LogP contribution in [0.1, 0.15) is 18.7 Å². The maximum Gasteiger partial charge on any atom is 0.235 e. The van der Waals surface area contributed by atoms with Gasteiger partial charge in [0.1, 0.15) is 11.6 Å². The number of imidazole rings is 1. The van der Waals surface area contributed by atoms with Crippen LogP contribution in [0.15, 0.2) is 24.8 Å². The van der Waals surface area contributed by atoms with Gasteiger partial charge in [0.25, 0.3) is 0 Å². The normalized spacial score (nSPS) is 17.3. The minimum absolute atomic E-state index is 0.0206. The summed E-state index contributed by atoms with van der Waals surface area (Å²) in [5.74, 6) is -0.350. The number of hydrogen-bond acceptors (Lipinski definition) is 10. The predicted octanol–water partition coefficient (Wildman–Crippen LogP) is 1.39. The number of aliphatic hydroxyl groups excluding tert-OH is 1. The maximum absolute atomic E-state index is 14.2. The third kappa shape index (κ3) is 4.89. The van der Waals surface area contributed by atoms with Gasteiger partial charge in [0.05, 0.1) is 50.1 Å². The molecule has 0 bridgehead atoms. The SMILES string of the molecule is CC(Nc1nc(Nc2cn(C)cn2)nc(N2CCOC[C@H]2CO)n1)c1ncc(F)cc1F. The third-order valence-corrected chi connectivity index (χ3v) is 4.86. The van der Waals surface area contributed by atoms with Crippen LogP contribution in [0.2, 0.25) is 0 Å². The van der Waals surface area contributed by atoms with E-state index in [1.807, 2.05) is 11.9 Å². The van der Waals surface area contributed by atoms with Crippen LogP contribution in [-0.2, 0) is 11.8 Å². The van der Waals surface area contributed by atoms with Crippen LogP contribution in [0.4, 0.5) is 32.4 Å². The second kappa shape index (κ2) is 9.36. The number of nitrogens with one attached hydrogen (secondary N) is 2. The summed E-state index contributed by atoms with van der Waals surface area (Å²) in [6.45, 7) is 2.77. The molecular weight excluding hydrogens is 424 g/mol. The molecule has 0 aromatic carbocycles. The maximum atomic E-state index is 14.2. The molecule has 3 aromatic heterocycles. The molecule has 1 saturated heterocycles. The van der Waals surface area contributed by atoms with Crippen LogP contribution in [0, 0.1) is 11.6 Å². The van der Waals surface area contributed by atoms with E-state index in [0.717, 1.165) is 12.3 Å². The van der Waals surface area contributed by atoms with Gasteiger partial charge in [-0.2, -0.15) is 15.0 Å². The summed E-state index contributed by atoms with van der Waals surface area (Å²) >= 11 is 0. The van der Waals surface area contributed by atoms with Crippen molar-refractivity contribution < 1.29 is 18.6 Å². The molecule has 2 atom stereocenters. The Morgan fingerprint density at radius 3 is 2.78 bits per heavy atom. The Balaban J connectivity index is 1.65. The lowest BCUT2D eigenvalue weighted by atomic mass is 10.2. The van der Waals surface area contributed by atoms with Crippen LogP contribution in [0.3, 0.4) is 0 Å². The number of aromatic nitrogens is 6. The van der Waals surface area contributed by atoms with Gasteiger partial charge in [0, 0.05) is 25.9 Å². The first-order chi connectivity index (χ1) is 15.4. The number of anilines is 4. The molecule has 4 heterocycles. The molecule has 32 heavy (non-hydrogen) atoms. The van der Waals surface area contributed by atoms with E-state index >= 15 is 0 Å². The molecule has 1 unspecified atom stereocenters. The average molecular weight is 447 g/mol. The molecule has 13 heteroatoms. The number of aryl methyl sites for hydroxylation is 1. The molecular formula is C19H23F2N9O2. The van der Waals surface area contributed by atoms with Crippen molar-refractivity contribution in [2.75, 3.05) is 41.9 Å². The fourth-order valence-corrected chi connectivity index (χ4v) is 3.28. The molecule has 170 valence electrons. The summed E-state index contributed by atoms with van der Waals surface area (Å²) in [7, 11) is 1.83. The zero-order chi connectivity index (χ0) is 22.7. The molecule has 0 radical (unpaired) electrons. The second-order valence-corrected chi connectivity index (χ2v) is 7.32. The Kier molecular flexibility index (Phi) is 6.37. The smallest absolute Gasteiger partial charge is 0.235 e. The molecule has 0 spiro atoms. The van der Waals surface area contributed by atoms with E-state index in [1.165, 1.54) is 0 Å². The fraction of sp³-hybridized carbons (Fsp3) is 0.421. The van der Waals surface area contributed by atoms with Gasteiger partial charge in [0.2, 0.25) is 17.8 Å². The van der Waals surface area contributed by atoms with Crippen molar-refractivity contribution in [1.29, 1.82) is 0 Å². The van der Waals surface area contributed by atoms with Gasteiger partial charge in [-0.25, -0.2) is 13.8 Å². The Bertz CT molecular complexity index is 1080. The molecule has 3 N–H and O–H groups in total. The first kappa shape index (κ1) is 21.8. The van der Waals surface area contributed by atoms with Crippen LogP contribution < -0.4 is 15.5 Å². The van der Waals surface area contributed by atoms with E-state index in [9.17, 15) is 13.9 Å². The Morgan fingerprint density at radius 1 is 1.25 bits per heavy atom. The number of nitrogens with zero attached hydrogens (tertiary/aromatic N) is 7. The van der Waals surface area contributed by atoms with Crippen molar-refractivity contribution >= 4 is 23.7 Å². The average Bonchev–Trinajstić information content (AvgIpc) is 3.17. The number of pyridine rings is 1. The summed E-state index contributed by atoms with van der Waals surface area (Å²) in [5.41, 5.74) is 0.0206. The highest BCUT2D eigenvalue weighted by Crippen LogP contribution is 2.23. The van der Waals surface area contributed by atoms with Crippen LogP contribution in [-0.4, -0.2) is 67.0 Å². The largest absolute Gasteiger partial charge is 0.394 e. The topological polar surface area (TPSA) is 126 Å². The number of halogens is 2. The van der Waals surface area contributed by atoms with Crippen LogP contribution >= 0.6 is 0 Å².